The third kappa shape index (κ3) is 4.29. The summed E-state index contributed by atoms with van der Waals surface area (Å²) in [4.78, 5) is 10.1. The maximum Gasteiger partial charge on any atom is 0.320 e. The Labute approximate surface area is 58.6 Å². The smallest absolute Gasteiger partial charge is 0.320 e. The fourth-order valence-electron chi connectivity index (χ4n) is 0.368. The van der Waals surface area contributed by atoms with Crippen LogP contribution in [0.4, 0.5) is 0 Å². The standard InChI is InChI=1S/C5H11NO2S/c1-9-3-2-4(6)5(7)8/h4H,2-3,6H2,1H3,(H,7,8)/t4-/m1/s1/i9+3. The van der Waals surface area contributed by atoms with Gasteiger partial charge in [-0.2, -0.15) is 11.8 Å². The van der Waals surface area contributed by atoms with E-state index in [1.54, 1.807) is 11.8 Å². The Balaban J connectivity index is 3.27. The molecular formula is C5H11NO2S. The van der Waals surface area contributed by atoms with Crippen molar-refractivity contribution in [3.05, 3.63) is 0 Å². The van der Waals surface area contributed by atoms with Crippen LogP contribution in [0, 0.1) is 0 Å². The molecule has 0 fully saturated rings. The summed E-state index contributed by atoms with van der Waals surface area (Å²) in [6.07, 6.45) is 2.48. The highest BCUT2D eigenvalue weighted by atomic mass is 35.1. The van der Waals surface area contributed by atoms with E-state index in [1.807, 2.05) is 6.26 Å². The molecule has 0 spiro atoms. The zero-order valence-corrected chi connectivity index (χ0v) is 6.15. The van der Waals surface area contributed by atoms with Crippen molar-refractivity contribution in [2.75, 3.05) is 12.0 Å². The molecule has 0 aliphatic heterocycles. The van der Waals surface area contributed by atoms with E-state index in [-0.39, 0.29) is 0 Å². The monoisotopic (exact) mass is 152 g/mol. The molecule has 0 bridgehead atoms. The molecule has 0 aromatic rings. The van der Waals surface area contributed by atoms with Gasteiger partial charge in [-0.05, 0) is 18.4 Å². The molecule has 0 aromatic heterocycles. The van der Waals surface area contributed by atoms with Crippen LogP contribution in [0.5, 0.6) is 0 Å². The van der Waals surface area contributed by atoms with Gasteiger partial charge >= 0.3 is 5.97 Å². The third-order valence-corrected chi connectivity index (χ3v) is 1.59. The Kier molecular flexibility index (Phi) is 4.53. The molecule has 0 radical (unpaired) electrons. The van der Waals surface area contributed by atoms with Crippen LogP contribution < -0.4 is 5.73 Å². The molecule has 0 amide bonds. The zero-order chi connectivity index (χ0) is 7.28. The first-order chi connectivity index (χ1) is 4.18. The maximum atomic E-state index is 10.1. The topological polar surface area (TPSA) is 63.3 Å². The van der Waals surface area contributed by atoms with Gasteiger partial charge in [-0.15, -0.1) is 0 Å². The SMILES string of the molecule is C[35S]CC[C@@H](N)C(=O)O. The summed E-state index contributed by atoms with van der Waals surface area (Å²) in [7, 11) is 0. The molecule has 0 heterocycles. The van der Waals surface area contributed by atoms with E-state index in [0.29, 0.717) is 6.42 Å². The van der Waals surface area contributed by atoms with E-state index in [9.17, 15) is 4.79 Å². The minimum Gasteiger partial charge on any atom is -0.480 e. The molecule has 3 nitrogen and oxygen atoms in total. The average Bonchev–Trinajstić information content (AvgIpc) is 1.82. The third-order valence-electron chi connectivity index (χ3n) is 0.950. The lowest BCUT2D eigenvalue weighted by atomic mass is 10.2. The van der Waals surface area contributed by atoms with Gasteiger partial charge in [-0.3, -0.25) is 4.79 Å². The fourth-order valence-corrected chi connectivity index (χ4v) is 0.858. The Morgan fingerprint density at radius 2 is 2.44 bits per heavy atom. The molecule has 0 saturated heterocycles. The normalized spacial score (nSPS) is 13.1. The minimum atomic E-state index is -0.913. The lowest BCUT2D eigenvalue weighted by molar-refractivity contribution is -0.138. The number of nitrogens with two attached hydrogens (primary N) is 1. The van der Waals surface area contributed by atoms with Crippen LogP contribution in [-0.4, -0.2) is 29.1 Å². The van der Waals surface area contributed by atoms with Crippen molar-refractivity contribution in [1.29, 1.82) is 0 Å². The number of aliphatic carboxylic acids is 1. The van der Waals surface area contributed by atoms with Gasteiger partial charge in [0.2, 0.25) is 0 Å². The molecule has 4 heteroatoms. The Hall–Kier alpha value is -0.220. The predicted octanol–water partition coefficient (Wildman–Crippen LogP) is 0.151. The van der Waals surface area contributed by atoms with Crippen LogP contribution in [-0.2, 0) is 4.79 Å². The molecule has 0 unspecified atom stereocenters. The van der Waals surface area contributed by atoms with Crippen LogP contribution in [0.15, 0.2) is 0 Å². The molecule has 9 heavy (non-hydrogen) atoms. The van der Waals surface area contributed by atoms with Gasteiger partial charge in [-0.1, -0.05) is 0 Å². The Bertz CT molecular complexity index is 97.0. The van der Waals surface area contributed by atoms with Gasteiger partial charge in [0.25, 0.3) is 0 Å². The molecule has 54 valence electrons. The second kappa shape index (κ2) is 4.64. The maximum absolute atomic E-state index is 10.1. The lowest BCUT2D eigenvalue weighted by Gasteiger charge is -2.02. The Morgan fingerprint density at radius 3 is 2.78 bits per heavy atom. The van der Waals surface area contributed by atoms with E-state index in [4.69, 9.17) is 10.8 Å². The second-order valence-electron chi connectivity index (χ2n) is 1.73. The number of rotatable bonds is 4. The summed E-state index contributed by atoms with van der Waals surface area (Å²) in [6.45, 7) is 0. The van der Waals surface area contributed by atoms with Crippen molar-refractivity contribution in [2.45, 2.75) is 12.5 Å². The van der Waals surface area contributed by atoms with E-state index in [0.717, 1.165) is 5.75 Å². The van der Waals surface area contributed by atoms with Crippen molar-refractivity contribution in [1.82, 2.24) is 0 Å². The van der Waals surface area contributed by atoms with E-state index < -0.39 is 12.0 Å². The molecule has 0 aromatic carbocycles. The molecule has 1 atom stereocenters. The van der Waals surface area contributed by atoms with Crippen LogP contribution in [0.25, 0.3) is 0 Å². The van der Waals surface area contributed by atoms with Crippen molar-refractivity contribution in [3.63, 3.8) is 0 Å². The number of carboxylic acid groups (broad SMARTS) is 1. The highest BCUT2D eigenvalue weighted by molar-refractivity contribution is 7.98. The average molecular weight is 152 g/mol. The molecular weight excluding hydrogens is 141 g/mol. The first-order valence-electron chi connectivity index (χ1n) is 2.65. The number of hydrogen-bond acceptors (Lipinski definition) is 3. The summed E-state index contributed by atoms with van der Waals surface area (Å²) in [5, 5.41) is 8.27. The molecule has 0 saturated carbocycles. The fraction of sp³-hybridized carbons (Fsp3) is 0.800. The first-order valence-corrected chi connectivity index (χ1v) is 4.05. The summed E-state index contributed by atoms with van der Waals surface area (Å²) in [5.41, 5.74) is 5.19. The minimum absolute atomic E-state index is 0.552. The van der Waals surface area contributed by atoms with Crippen molar-refractivity contribution in [2.24, 2.45) is 5.73 Å². The van der Waals surface area contributed by atoms with Crippen LogP contribution >= 0.6 is 11.8 Å². The van der Waals surface area contributed by atoms with Crippen molar-refractivity contribution in [3.8, 4) is 0 Å². The van der Waals surface area contributed by atoms with E-state index >= 15 is 0 Å². The van der Waals surface area contributed by atoms with Gasteiger partial charge in [0.1, 0.15) is 6.04 Å². The molecule has 3 N–H and O–H groups in total. The summed E-state index contributed by atoms with van der Waals surface area (Å²) in [6, 6.07) is -0.683. The van der Waals surface area contributed by atoms with Crippen LogP contribution in [0.3, 0.4) is 0 Å². The number of hydrogen-bond donors (Lipinski definition) is 2. The van der Waals surface area contributed by atoms with Gasteiger partial charge in [0.15, 0.2) is 0 Å². The summed E-state index contributed by atoms with van der Waals surface area (Å²) >= 11 is 1.60. The van der Waals surface area contributed by atoms with E-state index in [1.165, 1.54) is 0 Å². The molecule has 0 aliphatic carbocycles. The second-order valence-corrected chi connectivity index (χ2v) is 2.71. The predicted molar refractivity (Wildman–Crippen MR) is 38.6 cm³/mol. The molecule has 0 rings (SSSR count). The van der Waals surface area contributed by atoms with Gasteiger partial charge in [-0.25, -0.2) is 0 Å². The Morgan fingerprint density at radius 1 is 1.89 bits per heavy atom. The first kappa shape index (κ1) is 8.78. The largest absolute Gasteiger partial charge is 0.480 e. The van der Waals surface area contributed by atoms with E-state index in [2.05, 4.69) is 0 Å². The molecule has 0 aliphatic rings. The van der Waals surface area contributed by atoms with Crippen molar-refractivity contribution < 1.29 is 9.90 Å². The number of carbonyl (C=O) groups is 1. The number of carboxylic acids is 1. The van der Waals surface area contributed by atoms with Gasteiger partial charge in [0, 0.05) is 0 Å². The lowest BCUT2D eigenvalue weighted by Crippen LogP contribution is -2.30. The highest BCUT2D eigenvalue weighted by Crippen LogP contribution is 1.97. The van der Waals surface area contributed by atoms with Crippen LogP contribution in [0.2, 0.25) is 0 Å². The van der Waals surface area contributed by atoms with Gasteiger partial charge in [0.05, 0.1) is 0 Å². The quantitative estimate of drug-likeness (QED) is 0.602. The zero-order valence-electron chi connectivity index (χ0n) is 5.33. The van der Waals surface area contributed by atoms with Gasteiger partial charge < -0.3 is 10.8 Å². The summed E-state index contributed by atoms with van der Waals surface area (Å²) < 4.78 is 0. The highest BCUT2D eigenvalue weighted by Gasteiger charge is 2.08. The number of thioether (sulfide) groups is 1. The van der Waals surface area contributed by atoms with Crippen LogP contribution in [0.1, 0.15) is 6.42 Å². The van der Waals surface area contributed by atoms with Crippen molar-refractivity contribution >= 4 is 17.7 Å². The summed E-state index contributed by atoms with van der Waals surface area (Å²) in [5.74, 6) is -0.1000.